The Labute approximate surface area is 81.0 Å². The van der Waals surface area contributed by atoms with E-state index in [0.29, 0.717) is 0 Å². The van der Waals surface area contributed by atoms with Gasteiger partial charge in [0, 0.05) is 30.9 Å². The zero-order valence-electron chi connectivity index (χ0n) is 9.17. The number of aliphatic imine (C=N–C) groups is 1. The molecule has 0 radical (unpaired) electrons. The zero-order valence-corrected chi connectivity index (χ0v) is 9.17. The minimum Gasteiger partial charge on any atom is -0.322 e. The van der Waals surface area contributed by atoms with Crippen molar-refractivity contribution in [3.05, 3.63) is 0 Å². The van der Waals surface area contributed by atoms with Crippen LogP contribution in [0.4, 0.5) is 0 Å². The fourth-order valence-electron chi connectivity index (χ4n) is 1.60. The van der Waals surface area contributed by atoms with Crippen molar-refractivity contribution in [2.24, 2.45) is 10.7 Å². The second-order valence-electron chi connectivity index (χ2n) is 4.62. The maximum absolute atomic E-state index is 5.98. The Hall–Kier alpha value is -0.410. The quantitative estimate of drug-likeness (QED) is 0.656. The van der Waals surface area contributed by atoms with Gasteiger partial charge in [-0.25, -0.2) is 0 Å². The lowest BCUT2D eigenvalue weighted by molar-refractivity contribution is 0.178. The van der Waals surface area contributed by atoms with Crippen LogP contribution in [0.1, 0.15) is 27.7 Å². The topological polar surface area (TPSA) is 41.6 Å². The fourth-order valence-corrected chi connectivity index (χ4v) is 1.60. The summed E-state index contributed by atoms with van der Waals surface area (Å²) in [5.74, 6) is 0. The Morgan fingerprint density at radius 2 is 2.15 bits per heavy atom. The molecule has 13 heavy (non-hydrogen) atoms. The van der Waals surface area contributed by atoms with Gasteiger partial charge < -0.3 is 5.73 Å². The van der Waals surface area contributed by atoms with Crippen LogP contribution >= 0.6 is 0 Å². The molecular weight excluding hydrogens is 162 g/mol. The van der Waals surface area contributed by atoms with Crippen molar-refractivity contribution in [2.75, 3.05) is 19.6 Å². The molecule has 1 rings (SSSR count). The zero-order chi connectivity index (χ0) is 10.1. The Bertz CT molecular complexity index is 203. The van der Waals surface area contributed by atoms with Gasteiger partial charge in [-0.1, -0.05) is 0 Å². The lowest BCUT2D eigenvalue weighted by Gasteiger charge is -2.30. The second-order valence-corrected chi connectivity index (χ2v) is 4.62. The molecular formula is C10H21N3. The molecule has 3 nitrogen and oxygen atoms in total. The summed E-state index contributed by atoms with van der Waals surface area (Å²) in [7, 11) is 0. The van der Waals surface area contributed by atoms with E-state index in [1.165, 1.54) is 0 Å². The van der Waals surface area contributed by atoms with Gasteiger partial charge in [0.15, 0.2) is 0 Å². The van der Waals surface area contributed by atoms with E-state index in [4.69, 9.17) is 5.73 Å². The molecule has 1 atom stereocenters. The van der Waals surface area contributed by atoms with E-state index >= 15 is 0 Å². The van der Waals surface area contributed by atoms with Crippen molar-refractivity contribution in [2.45, 2.75) is 39.3 Å². The van der Waals surface area contributed by atoms with Gasteiger partial charge in [0.2, 0.25) is 0 Å². The van der Waals surface area contributed by atoms with E-state index in [-0.39, 0.29) is 11.6 Å². The number of likely N-dealkylation sites (tertiary alicyclic amines) is 1. The summed E-state index contributed by atoms with van der Waals surface area (Å²) in [6.45, 7) is 11.4. The fraction of sp³-hybridized carbons (Fsp3) is 0.900. The Balaban J connectivity index is 2.66. The molecule has 1 heterocycles. The molecule has 0 bridgehead atoms. The summed E-state index contributed by atoms with van der Waals surface area (Å²) in [6.07, 6.45) is 0. The SMILES string of the molecule is CC/N=C1\CN(C(C)(C)C)C[C@@H]1N. The average Bonchev–Trinajstić information content (AvgIpc) is 2.32. The summed E-state index contributed by atoms with van der Waals surface area (Å²) < 4.78 is 0. The summed E-state index contributed by atoms with van der Waals surface area (Å²) >= 11 is 0. The van der Waals surface area contributed by atoms with Gasteiger partial charge in [-0.15, -0.1) is 0 Å². The molecule has 0 aliphatic carbocycles. The van der Waals surface area contributed by atoms with Gasteiger partial charge in [0.05, 0.1) is 6.04 Å². The lowest BCUT2D eigenvalue weighted by Crippen LogP contribution is -2.40. The van der Waals surface area contributed by atoms with Gasteiger partial charge in [0.1, 0.15) is 0 Å². The number of nitrogens with two attached hydrogens (primary N) is 1. The molecule has 0 saturated carbocycles. The van der Waals surface area contributed by atoms with Crippen molar-refractivity contribution < 1.29 is 0 Å². The summed E-state index contributed by atoms with van der Waals surface area (Å²) in [4.78, 5) is 6.80. The van der Waals surface area contributed by atoms with Gasteiger partial charge in [0.25, 0.3) is 0 Å². The number of hydrogen-bond acceptors (Lipinski definition) is 3. The van der Waals surface area contributed by atoms with Crippen molar-refractivity contribution in [1.82, 2.24) is 4.90 Å². The summed E-state index contributed by atoms with van der Waals surface area (Å²) in [6, 6.07) is 0.152. The van der Waals surface area contributed by atoms with Crippen LogP contribution in [0, 0.1) is 0 Å². The molecule has 76 valence electrons. The molecule has 1 aliphatic rings. The van der Waals surface area contributed by atoms with Crippen LogP contribution in [-0.4, -0.2) is 41.8 Å². The first-order valence-corrected chi connectivity index (χ1v) is 4.99. The van der Waals surface area contributed by atoms with Crippen molar-refractivity contribution in [1.29, 1.82) is 0 Å². The lowest BCUT2D eigenvalue weighted by atomic mass is 10.1. The maximum Gasteiger partial charge on any atom is 0.0568 e. The second kappa shape index (κ2) is 3.76. The smallest absolute Gasteiger partial charge is 0.0568 e. The highest BCUT2D eigenvalue weighted by Crippen LogP contribution is 2.18. The van der Waals surface area contributed by atoms with Crippen LogP contribution < -0.4 is 5.73 Å². The van der Waals surface area contributed by atoms with Crippen LogP contribution in [0.25, 0.3) is 0 Å². The maximum atomic E-state index is 5.98. The minimum absolute atomic E-state index is 0.152. The molecule has 0 aromatic rings. The van der Waals surface area contributed by atoms with E-state index in [1.54, 1.807) is 0 Å². The Morgan fingerprint density at radius 3 is 2.54 bits per heavy atom. The first kappa shape index (κ1) is 10.7. The molecule has 1 fully saturated rings. The van der Waals surface area contributed by atoms with Gasteiger partial charge in [-0.2, -0.15) is 0 Å². The highest BCUT2D eigenvalue weighted by molar-refractivity contribution is 5.93. The Kier molecular flexibility index (Phi) is 3.09. The van der Waals surface area contributed by atoms with Crippen LogP contribution in [0.5, 0.6) is 0 Å². The standard InChI is InChI=1S/C10H21N3/c1-5-12-9-7-13(6-8(9)11)10(2,3)4/h8H,5-7,11H2,1-4H3/b12-9+/t8-/m0/s1. The molecule has 1 aliphatic heterocycles. The molecule has 0 amide bonds. The third-order valence-corrected chi connectivity index (χ3v) is 2.51. The highest BCUT2D eigenvalue weighted by atomic mass is 15.2. The Morgan fingerprint density at radius 1 is 1.54 bits per heavy atom. The van der Waals surface area contributed by atoms with Gasteiger partial charge in [-0.05, 0) is 27.7 Å². The van der Waals surface area contributed by atoms with E-state index < -0.39 is 0 Å². The van der Waals surface area contributed by atoms with Crippen LogP contribution in [-0.2, 0) is 0 Å². The summed E-state index contributed by atoms with van der Waals surface area (Å²) in [5, 5.41) is 0. The van der Waals surface area contributed by atoms with Crippen LogP contribution in [0.3, 0.4) is 0 Å². The normalized spacial score (nSPS) is 28.7. The molecule has 0 spiro atoms. The third-order valence-electron chi connectivity index (χ3n) is 2.51. The largest absolute Gasteiger partial charge is 0.322 e. The molecule has 3 heteroatoms. The average molecular weight is 183 g/mol. The van der Waals surface area contributed by atoms with E-state index in [0.717, 1.165) is 25.3 Å². The van der Waals surface area contributed by atoms with E-state index in [1.807, 2.05) is 0 Å². The first-order valence-electron chi connectivity index (χ1n) is 4.99. The first-order chi connectivity index (χ1) is 5.95. The predicted octanol–water partition coefficient (Wildman–Crippen LogP) is 0.889. The number of nitrogens with zero attached hydrogens (tertiary/aromatic N) is 2. The van der Waals surface area contributed by atoms with E-state index in [9.17, 15) is 0 Å². The number of rotatable bonds is 1. The van der Waals surface area contributed by atoms with Crippen LogP contribution in [0.15, 0.2) is 4.99 Å². The predicted molar refractivity (Wildman–Crippen MR) is 57.3 cm³/mol. The molecule has 2 N–H and O–H groups in total. The van der Waals surface area contributed by atoms with Gasteiger partial charge in [-0.3, -0.25) is 9.89 Å². The van der Waals surface area contributed by atoms with Crippen molar-refractivity contribution in [3.8, 4) is 0 Å². The molecule has 0 aromatic carbocycles. The molecule has 1 saturated heterocycles. The summed E-state index contributed by atoms with van der Waals surface area (Å²) in [5.41, 5.74) is 7.35. The monoisotopic (exact) mass is 183 g/mol. The van der Waals surface area contributed by atoms with Gasteiger partial charge >= 0.3 is 0 Å². The third kappa shape index (κ3) is 2.51. The molecule has 0 unspecified atom stereocenters. The highest BCUT2D eigenvalue weighted by Gasteiger charge is 2.32. The van der Waals surface area contributed by atoms with Crippen LogP contribution in [0.2, 0.25) is 0 Å². The molecule has 0 aromatic heterocycles. The van der Waals surface area contributed by atoms with E-state index in [2.05, 4.69) is 37.6 Å². The van der Waals surface area contributed by atoms with Crippen molar-refractivity contribution >= 4 is 5.71 Å². The minimum atomic E-state index is 0.152. The van der Waals surface area contributed by atoms with Crippen molar-refractivity contribution in [3.63, 3.8) is 0 Å². The number of hydrogen-bond donors (Lipinski definition) is 1.